The van der Waals surface area contributed by atoms with E-state index < -0.39 is 0 Å². The van der Waals surface area contributed by atoms with Gasteiger partial charge >= 0.3 is 0 Å². The molecule has 12 heavy (non-hydrogen) atoms. The maximum atomic E-state index is 4.98. The van der Waals surface area contributed by atoms with Crippen LogP contribution in [0.25, 0.3) is 0 Å². The van der Waals surface area contributed by atoms with E-state index in [1.807, 2.05) is 0 Å². The second-order valence-corrected chi connectivity index (χ2v) is 2.68. The first-order valence-electron chi connectivity index (χ1n) is 4.35. The number of ether oxygens (including phenoxy) is 1. The Morgan fingerprint density at radius 2 is 2.25 bits per heavy atom. The minimum atomic E-state index is 0.688. The summed E-state index contributed by atoms with van der Waals surface area (Å²) >= 11 is 0. The van der Waals surface area contributed by atoms with Gasteiger partial charge in [-0.3, -0.25) is 5.43 Å². The Labute approximate surface area is 73.5 Å². The number of nitrogens with one attached hydrogen (secondary N) is 2. The quantitative estimate of drug-likeness (QED) is 0.434. The van der Waals surface area contributed by atoms with Gasteiger partial charge in [-0.25, -0.2) is 5.01 Å². The number of hydrogen-bond donors (Lipinski definition) is 2. The minimum absolute atomic E-state index is 0.688. The highest BCUT2D eigenvalue weighted by Crippen LogP contribution is 1.85. The first kappa shape index (κ1) is 9.51. The summed E-state index contributed by atoms with van der Waals surface area (Å²) in [7, 11) is 0. The molecule has 1 heterocycles. The highest BCUT2D eigenvalue weighted by Gasteiger charge is 2.07. The Balaban J connectivity index is 1.94. The largest absolute Gasteiger partial charge is 0.500 e. The summed E-state index contributed by atoms with van der Waals surface area (Å²) in [5.41, 5.74) is 3.28. The fraction of sp³-hybridized carbons (Fsp3) is 0.750. The molecule has 1 aliphatic rings. The van der Waals surface area contributed by atoms with Crippen molar-refractivity contribution < 1.29 is 4.74 Å². The molecule has 4 heteroatoms. The molecule has 1 aliphatic heterocycles. The lowest BCUT2D eigenvalue weighted by Gasteiger charge is -2.27. The van der Waals surface area contributed by atoms with Crippen molar-refractivity contribution in [3.05, 3.63) is 12.8 Å². The summed E-state index contributed by atoms with van der Waals surface area (Å²) in [5.74, 6) is 0. The summed E-state index contributed by atoms with van der Waals surface area (Å²) in [4.78, 5) is 0. The van der Waals surface area contributed by atoms with Crippen LogP contribution in [0.1, 0.15) is 0 Å². The zero-order chi connectivity index (χ0) is 8.65. The van der Waals surface area contributed by atoms with Gasteiger partial charge in [0.25, 0.3) is 0 Å². The van der Waals surface area contributed by atoms with Crippen LogP contribution >= 0.6 is 0 Å². The predicted octanol–water partition coefficient (Wildman–Crippen LogP) is -0.444. The molecule has 0 amide bonds. The van der Waals surface area contributed by atoms with Crippen LogP contribution in [0.15, 0.2) is 12.8 Å². The summed E-state index contributed by atoms with van der Waals surface area (Å²) in [6, 6.07) is 0. The molecule has 4 nitrogen and oxygen atoms in total. The Bertz CT molecular complexity index is 123. The molecule has 0 radical (unpaired) electrons. The zero-order valence-corrected chi connectivity index (χ0v) is 7.38. The first-order valence-corrected chi connectivity index (χ1v) is 4.35. The van der Waals surface area contributed by atoms with Crippen LogP contribution in [0.3, 0.4) is 0 Å². The highest BCUT2D eigenvalue weighted by atomic mass is 16.5. The smallest absolute Gasteiger partial charge is 0.101 e. The maximum absolute atomic E-state index is 4.98. The van der Waals surface area contributed by atoms with Gasteiger partial charge < -0.3 is 10.1 Å². The van der Waals surface area contributed by atoms with Crippen molar-refractivity contribution in [1.29, 1.82) is 0 Å². The molecule has 1 saturated heterocycles. The van der Waals surface area contributed by atoms with Crippen molar-refractivity contribution in [2.75, 3.05) is 39.3 Å². The highest BCUT2D eigenvalue weighted by molar-refractivity contribution is 4.63. The second-order valence-electron chi connectivity index (χ2n) is 2.68. The van der Waals surface area contributed by atoms with Gasteiger partial charge in [0.05, 0.1) is 6.26 Å². The van der Waals surface area contributed by atoms with Crippen LogP contribution in [-0.4, -0.2) is 44.3 Å². The lowest BCUT2D eigenvalue weighted by molar-refractivity contribution is 0.140. The molecule has 0 spiro atoms. The van der Waals surface area contributed by atoms with E-state index in [4.69, 9.17) is 4.74 Å². The number of hydrogen-bond acceptors (Lipinski definition) is 4. The molecule has 0 atom stereocenters. The molecule has 0 aromatic carbocycles. The molecule has 0 unspecified atom stereocenters. The van der Waals surface area contributed by atoms with E-state index in [0.29, 0.717) is 6.61 Å². The summed E-state index contributed by atoms with van der Waals surface area (Å²) in [5, 5.41) is 5.50. The van der Waals surface area contributed by atoms with Gasteiger partial charge in [-0.05, 0) is 0 Å². The Hall–Kier alpha value is -0.580. The fourth-order valence-corrected chi connectivity index (χ4v) is 1.17. The van der Waals surface area contributed by atoms with Gasteiger partial charge in [0, 0.05) is 32.7 Å². The van der Waals surface area contributed by atoms with Crippen LogP contribution in [0.5, 0.6) is 0 Å². The molecule has 0 bridgehead atoms. The lowest BCUT2D eigenvalue weighted by Crippen LogP contribution is -2.50. The normalized spacial score (nSPS) is 19.0. The van der Waals surface area contributed by atoms with Crippen LogP contribution in [0, 0.1) is 0 Å². The zero-order valence-electron chi connectivity index (χ0n) is 7.38. The van der Waals surface area contributed by atoms with Crippen molar-refractivity contribution >= 4 is 0 Å². The third-order valence-corrected chi connectivity index (χ3v) is 1.79. The van der Waals surface area contributed by atoms with E-state index in [2.05, 4.69) is 22.3 Å². The molecule has 1 fully saturated rings. The predicted molar refractivity (Wildman–Crippen MR) is 48.6 cm³/mol. The average Bonchev–Trinajstić information content (AvgIpc) is 2.14. The number of piperazine rings is 1. The van der Waals surface area contributed by atoms with Gasteiger partial charge in [0.15, 0.2) is 0 Å². The van der Waals surface area contributed by atoms with E-state index in [1.165, 1.54) is 6.26 Å². The Kier molecular flexibility index (Phi) is 4.75. The maximum Gasteiger partial charge on any atom is 0.101 e. The van der Waals surface area contributed by atoms with E-state index in [1.54, 1.807) is 0 Å². The van der Waals surface area contributed by atoms with E-state index in [0.717, 1.165) is 32.7 Å². The third kappa shape index (κ3) is 3.71. The molecule has 0 aromatic rings. The summed E-state index contributed by atoms with van der Waals surface area (Å²) in [6.45, 7) is 9.27. The summed E-state index contributed by atoms with van der Waals surface area (Å²) < 4.78 is 4.98. The van der Waals surface area contributed by atoms with Crippen molar-refractivity contribution in [1.82, 2.24) is 15.8 Å². The van der Waals surface area contributed by atoms with Crippen molar-refractivity contribution in [3.8, 4) is 0 Å². The fourth-order valence-electron chi connectivity index (χ4n) is 1.17. The van der Waals surface area contributed by atoms with E-state index in [-0.39, 0.29) is 0 Å². The standard InChI is InChI=1S/C8H17N3O/c1-2-12-8-5-10-11-6-3-9-4-7-11/h2,9-10H,1,3-8H2. The number of rotatable bonds is 5. The van der Waals surface area contributed by atoms with Gasteiger partial charge in [-0.2, -0.15) is 0 Å². The van der Waals surface area contributed by atoms with Crippen molar-refractivity contribution in [2.45, 2.75) is 0 Å². The van der Waals surface area contributed by atoms with Gasteiger partial charge in [0.1, 0.15) is 6.61 Å². The lowest BCUT2D eigenvalue weighted by atomic mass is 10.4. The van der Waals surface area contributed by atoms with Crippen molar-refractivity contribution in [2.24, 2.45) is 0 Å². The van der Waals surface area contributed by atoms with Crippen LogP contribution in [-0.2, 0) is 4.74 Å². The topological polar surface area (TPSA) is 36.5 Å². The molecule has 0 saturated carbocycles. The number of hydrazine groups is 1. The molecular formula is C8H17N3O. The van der Waals surface area contributed by atoms with Gasteiger partial charge in [-0.15, -0.1) is 0 Å². The van der Waals surface area contributed by atoms with E-state index >= 15 is 0 Å². The SMILES string of the molecule is C=COCCNN1CCNCC1. The van der Waals surface area contributed by atoms with Crippen LogP contribution in [0.2, 0.25) is 0 Å². The summed E-state index contributed by atoms with van der Waals surface area (Å²) in [6.07, 6.45) is 1.47. The van der Waals surface area contributed by atoms with Crippen LogP contribution in [0.4, 0.5) is 0 Å². The molecule has 1 rings (SSSR count). The third-order valence-electron chi connectivity index (χ3n) is 1.79. The molecule has 70 valence electrons. The average molecular weight is 171 g/mol. The molecular weight excluding hydrogens is 154 g/mol. The van der Waals surface area contributed by atoms with E-state index in [9.17, 15) is 0 Å². The van der Waals surface area contributed by atoms with Crippen molar-refractivity contribution in [3.63, 3.8) is 0 Å². The van der Waals surface area contributed by atoms with Gasteiger partial charge in [-0.1, -0.05) is 6.58 Å². The second kappa shape index (κ2) is 5.99. The molecule has 0 aromatic heterocycles. The van der Waals surface area contributed by atoms with Gasteiger partial charge in [0.2, 0.25) is 0 Å². The molecule has 2 N–H and O–H groups in total. The Morgan fingerprint density at radius 3 is 2.92 bits per heavy atom. The first-order chi connectivity index (χ1) is 5.93. The Morgan fingerprint density at radius 1 is 1.50 bits per heavy atom. The minimum Gasteiger partial charge on any atom is -0.500 e. The monoisotopic (exact) mass is 171 g/mol. The van der Waals surface area contributed by atoms with Crippen LogP contribution < -0.4 is 10.7 Å². The number of nitrogens with zero attached hydrogens (tertiary/aromatic N) is 1. The molecule has 0 aliphatic carbocycles.